The number of carbonyl (C=O) groups is 1. The second kappa shape index (κ2) is 9.88. The number of nitrogens with one attached hydrogen (secondary N) is 3. The highest BCUT2D eigenvalue weighted by molar-refractivity contribution is 7.80. The van der Waals surface area contributed by atoms with Crippen LogP contribution in [0.3, 0.4) is 0 Å². The van der Waals surface area contributed by atoms with Crippen molar-refractivity contribution in [1.82, 2.24) is 10.7 Å². The average molecular weight is 306 g/mol. The Morgan fingerprint density at radius 3 is 2.62 bits per heavy atom. The average Bonchev–Trinajstić information content (AvgIpc) is 2.45. The minimum atomic E-state index is -0.0856. The summed E-state index contributed by atoms with van der Waals surface area (Å²) in [6.45, 7) is 4.51. The van der Waals surface area contributed by atoms with Gasteiger partial charge in [0.15, 0.2) is 5.11 Å². The van der Waals surface area contributed by atoms with Crippen LogP contribution in [-0.2, 0) is 4.79 Å². The van der Waals surface area contributed by atoms with E-state index in [4.69, 9.17) is 12.2 Å². The molecule has 5 nitrogen and oxygen atoms in total. The second-order valence-corrected chi connectivity index (χ2v) is 5.04. The molecule has 114 valence electrons. The number of amides is 1. The van der Waals surface area contributed by atoms with Crippen molar-refractivity contribution in [2.45, 2.75) is 33.1 Å². The molecule has 21 heavy (non-hydrogen) atoms. The molecule has 0 aliphatic heterocycles. The SMILES string of the molecule is CCCCCNC(=S)N/N=C\c1ccc(NC(C)=O)cc1. The van der Waals surface area contributed by atoms with E-state index in [0.717, 1.165) is 24.2 Å². The molecular weight excluding hydrogens is 284 g/mol. The van der Waals surface area contributed by atoms with E-state index in [2.05, 4.69) is 28.1 Å². The summed E-state index contributed by atoms with van der Waals surface area (Å²) < 4.78 is 0. The molecular formula is C15H22N4OS. The molecule has 0 aromatic heterocycles. The molecule has 0 spiro atoms. The first-order valence-corrected chi connectivity index (χ1v) is 7.47. The number of unbranched alkanes of at least 4 members (excludes halogenated alkanes) is 2. The Balaban J connectivity index is 2.32. The molecule has 0 fully saturated rings. The molecule has 0 saturated carbocycles. The summed E-state index contributed by atoms with van der Waals surface area (Å²) in [5.74, 6) is -0.0856. The molecule has 0 atom stereocenters. The molecule has 1 aromatic carbocycles. The van der Waals surface area contributed by atoms with Gasteiger partial charge in [-0.1, -0.05) is 31.9 Å². The van der Waals surface area contributed by atoms with Crippen molar-refractivity contribution in [3.05, 3.63) is 29.8 Å². The van der Waals surface area contributed by atoms with Crippen LogP contribution < -0.4 is 16.1 Å². The third-order valence-corrected chi connectivity index (χ3v) is 2.91. The summed E-state index contributed by atoms with van der Waals surface area (Å²) in [5, 5.41) is 10.4. The number of nitrogens with zero attached hydrogens (tertiary/aromatic N) is 1. The Kier molecular flexibility index (Phi) is 8.04. The highest BCUT2D eigenvalue weighted by Crippen LogP contribution is 2.07. The fourth-order valence-corrected chi connectivity index (χ4v) is 1.79. The van der Waals surface area contributed by atoms with Crippen LogP contribution in [0.4, 0.5) is 5.69 Å². The quantitative estimate of drug-likeness (QED) is 0.314. The molecule has 0 heterocycles. The van der Waals surface area contributed by atoms with Crippen molar-refractivity contribution < 1.29 is 4.79 Å². The molecule has 0 saturated heterocycles. The maximum Gasteiger partial charge on any atom is 0.221 e. The number of rotatable bonds is 7. The van der Waals surface area contributed by atoms with E-state index >= 15 is 0 Å². The Bertz CT molecular complexity index is 485. The lowest BCUT2D eigenvalue weighted by Gasteiger charge is -2.06. The first-order valence-electron chi connectivity index (χ1n) is 7.06. The van der Waals surface area contributed by atoms with Gasteiger partial charge < -0.3 is 10.6 Å². The van der Waals surface area contributed by atoms with Crippen molar-refractivity contribution in [2.75, 3.05) is 11.9 Å². The number of benzene rings is 1. The van der Waals surface area contributed by atoms with Crippen molar-refractivity contribution in [1.29, 1.82) is 0 Å². The summed E-state index contributed by atoms with van der Waals surface area (Å²) >= 11 is 5.10. The lowest BCUT2D eigenvalue weighted by Crippen LogP contribution is -2.32. The van der Waals surface area contributed by atoms with E-state index < -0.39 is 0 Å². The van der Waals surface area contributed by atoms with E-state index in [-0.39, 0.29) is 5.91 Å². The zero-order valence-corrected chi connectivity index (χ0v) is 13.3. The normalized spacial score (nSPS) is 10.4. The van der Waals surface area contributed by atoms with Crippen molar-refractivity contribution in [3.8, 4) is 0 Å². The van der Waals surface area contributed by atoms with Gasteiger partial charge in [-0.2, -0.15) is 5.10 Å². The number of carbonyl (C=O) groups excluding carboxylic acids is 1. The highest BCUT2D eigenvalue weighted by Gasteiger charge is 1.95. The third-order valence-electron chi connectivity index (χ3n) is 2.68. The molecule has 1 rings (SSSR count). The van der Waals surface area contributed by atoms with E-state index in [1.807, 2.05) is 24.3 Å². The number of hydrazone groups is 1. The summed E-state index contributed by atoms with van der Waals surface area (Å²) in [6.07, 6.45) is 5.16. The Labute approximate surface area is 131 Å². The Hall–Kier alpha value is -1.95. The van der Waals surface area contributed by atoms with Crippen molar-refractivity contribution in [2.24, 2.45) is 5.10 Å². The molecule has 6 heteroatoms. The van der Waals surface area contributed by atoms with Gasteiger partial charge >= 0.3 is 0 Å². The molecule has 1 aromatic rings. The molecule has 3 N–H and O–H groups in total. The third kappa shape index (κ3) is 8.04. The van der Waals surface area contributed by atoms with Gasteiger partial charge in [0.25, 0.3) is 0 Å². The summed E-state index contributed by atoms with van der Waals surface area (Å²) in [5.41, 5.74) is 4.46. The van der Waals surface area contributed by atoms with E-state index in [0.29, 0.717) is 5.11 Å². The van der Waals surface area contributed by atoms with Gasteiger partial charge in [-0.05, 0) is 36.3 Å². The smallest absolute Gasteiger partial charge is 0.221 e. The predicted molar refractivity (Wildman–Crippen MR) is 91.6 cm³/mol. The molecule has 0 aliphatic rings. The van der Waals surface area contributed by atoms with Crippen LogP contribution in [-0.4, -0.2) is 23.8 Å². The maximum atomic E-state index is 10.9. The summed E-state index contributed by atoms with van der Waals surface area (Å²) in [7, 11) is 0. The Morgan fingerprint density at radius 1 is 1.29 bits per heavy atom. The van der Waals surface area contributed by atoms with Crippen LogP contribution in [0.15, 0.2) is 29.4 Å². The standard InChI is InChI=1S/C15H22N4OS/c1-3-4-5-10-16-15(21)19-17-11-13-6-8-14(9-7-13)18-12(2)20/h6-9,11H,3-5,10H2,1-2H3,(H,18,20)(H2,16,19,21)/b17-11-. The fraction of sp³-hybridized carbons (Fsp3) is 0.400. The number of hydrogen-bond acceptors (Lipinski definition) is 3. The van der Waals surface area contributed by atoms with Gasteiger partial charge in [0.2, 0.25) is 5.91 Å². The van der Waals surface area contributed by atoms with Gasteiger partial charge in [-0.15, -0.1) is 0 Å². The minimum Gasteiger partial charge on any atom is -0.361 e. The molecule has 0 aliphatic carbocycles. The van der Waals surface area contributed by atoms with Crippen molar-refractivity contribution in [3.63, 3.8) is 0 Å². The maximum absolute atomic E-state index is 10.9. The van der Waals surface area contributed by atoms with E-state index in [1.165, 1.54) is 19.8 Å². The van der Waals surface area contributed by atoms with Gasteiger partial charge in [-0.25, -0.2) is 0 Å². The number of thiocarbonyl (C=S) groups is 1. The van der Waals surface area contributed by atoms with Crippen molar-refractivity contribution >= 4 is 35.1 Å². The van der Waals surface area contributed by atoms with E-state index in [1.54, 1.807) is 6.21 Å². The van der Waals surface area contributed by atoms with Crippen LogP contribution >= 0.6 is 12.2 Å². The van der Waals surface area contributed by atoms with Crippen LogP contribution in [0.25, 0.3) is 0 Å². The topological polar surface area (TPSA) is 65.5 Å². The largest absolute Gasteiger partial charge is 0.361 e. The zero-order valence-electron chi connectivity index (χ0n) is 12.5. The van der Waals surface area contributed by atoms with Gasteiger partial charge in [-0.3, -0.25) is 10.2 Å². The van der Waals surface area contributed by atoms with Gasteiger partial charge in [0.1, 0.15) is 0 Å². The zero-order chi connectivity index (χ0) is 15.5. The molecule has 1 amide bonds. The van der Waals surface area contributed by atoms with Crippen LogP contribution in [0.2, 0.25) is 0 Å². The molecule has 0 radical (unpaired) electrons. The first kappa shape index (κ1) is 17.1. The van der Waals surface area contributed by atoms with Gasteiger partial charge in [0, 0.05) is 19.2 Å². The van der Waals surface area contributed by atoms with Crippen LogP contribution in [0, 0.1) is 0 Å². The molecule has 0 bridgehead atoms. The lowest BCUT2D eigenvalue weighted by atomic mass is 10.2. The van der Waals surface area contributed by atoms with E-state index in [9.17, 15) is 4.79 Å². The first-order chi connectivity index (χ1) is 10.1. The van der Waals surface area contributed by atoms with Gasteiger partial charge in [0.05, 0.1) is 6.21 Å². The summed E-state index contributed by atoms with van der Waals surface area (Å²) in [6, 6.07) is 7.39. The predicted octanol–water partition coefficient (Wildman–Crippen LogP) is 2.63. The monoisotopic (exact) mass is 306 g/mol. The van der Waals surface area contributed by atoms with Crippen LogP contribution in [0.1, 0.15) is 38.7 Å². The summed E-state index contributed by atoms with van der Waals surface area (Å²) in [4.78, 5) is 10.9. The highest BCUT2D eigenvalue weighted by atomic mass is 32.1. The number of hydrogen-bond donors (Lipinski definition) is 3. The minimum absolute atomic E-state index is 0.0856. The fourth-order valence-electron chi connectivity index (χ4n) is 1.64. The van der Waals surface area contributed by atoms with Crippen LogP contribution in [0.5, 0.6) is 0 Å². The Morgan fingerprint density at radius 2 is 2.00 bits per heavy atom. The number of anilines is 1. The second-order valence-electron chi connectivity index (χ2n) is 4.64. The molecule has 0 unspecified atom stereocenters. The lowest BCUT2D eigenvalue weighted by molar-refractivity contribution is -0.114.